The van der Waals surface area contributed by atoms with Crippen molar-refractivity contribution in [3.63, 3.8) is 0 Å². The molecule has 0 atom stereocenters. The van der Waals surface area contributed by atoms with Crippen LogP contribution in [0.5, 0.6) is 0 Å². The van der Waals surface area contributed by atoms with E-state index in [2.05, 4.69) is 10.6 Å². The molecule has 0 saturated carbocycles. The lowest BCUT2D eigenvalue weighted by molar-refractivity contribution is -0.129. The van der Waals surface area contributed by atoms with Crippen molar-refractivity contribution in [3.05, 3.63) is 0 Å². The number of carbonyl (C=O) groups is 2. The maximum absolute atomic E-state index is 11.3. The fourth-order valence-corrected chi connectivity index (χ4v) is 0.886. The highest BCUT2D eigenvalue weighted by Gasteiger charge is 2.08. The molecule has 14 heavy (non-hydrogen) atoms. The third-order valence-corrected chi connectivity index (χ3v) is 1.91. The first-order valence-electron chi connectivity index (χ1n) is 4.77. The van der Waals surface area contributed by atoms with Crippen molar-refractivity contribution in [2.24, 2.45) is 0 Å². The van der Waals surface area contributed by atoms with E-state index in [-0.39, 0.29) is 11.8 Å². The zero-order chi connectivity index (χ0) is 11.0. The molecule has 0 heterocycles. The Morgan fingerprint density at radius 2 is 2.00 bits per heavy atom. The average Bonchev–Trinajstić information content (AvgIpc) is 2.21. The number of likely N-dealkylation sites (N-methyl/N-ethyl adjacent to an activating group) is 2. The molecule has 0 rings (SSSR count). The Labute approximate surface area is 84.8 Å². The van der Waals surface area contributed by atoms with Gasteiger partial charge in [-0.3, -0.25) is 9.59 Å². The molecule has 0 aromatic carbocycles. The quantitative estimate of drug-likeness (QED) is 0.591. The van der Waals surface area contributed by atoms with Crippen molar-refractivity contribution in [1.82, 2.24) is 15.5 Å². The van der Waals surface area contributed by atoms with Crippen LogP contribution in [-0.4, -0.2) is 50.4 Å². The second kappa shape index (κ2) is 7.32. The molecule has 2 N–H and O–H groups in total. The van der Waals surface area contributed by atoms with Crippen LogP contribution in [-0.2, 0) is 9.59 Å². The third kappa shape index (κ3) is 5.53. The summed E-state index contributed by atoms with van der Waals surface area (Å²) >= 11 is 0. The number of hydrogen-bond acceptors (Lipinski definition) is 3. The number of amides is 2. The molecule has 0 bridgehead atoms. The third-order valence-electron chi connectivity index (χ3n) is 1.91. The van der Waals surface area contributed by atoms with Gasteiger partial charge in [0.2, 0.25) is 11.8 Å². The van der Waals surface area contributed by atoms with E-state index < -0.39 is 0 Å². The van der Waals surface area contributed by atoms with E-state index in [1.807, 2.05) is 6.92 Å². The SMILES string of the molecule is CCNCC(=O)N(C)CCC(=O)NC. The molecule has 0 unspecified atom stereocenters. The maximum Gasteiger partial charge on any atom is 0.236 e. The van der Waals surface area contributed by atoms with Gasteiger partial charge in [-0.25, -0.2) is 0 Å². The molecule has 2 amide bonds. The van der Waals surface area contributed by atoms with Gasteiger partial charge in [0.25, 0.3) is 0 Å². The molecule has 5 heteroatoms. The summed E-state index contributed by atoms with van der Waals surface area (Å²) in [5, 5.41) is 5.45. The second-order valence-corrected chi connectivity index (χ2v) is 3.02. The topological polar surface area (TPSA) is 61.4 Å². The lowest BCUT2D eigenvalue weighted by Crippen LogP contribution is -2.37. The molecular weight excluding hydrogens is 182 g/mol. The summed E-state index contributed by atoms with van der Waals surface area (Å²) in [6.07, 6.45) is 0.352. The van der Waals surface area contributed by atoms with Crippen molar-refractivity contribution in [1.29, 1.82) is 0 Å². The molecule has 0 aromatic rings. The number of hydrogen-bond donors (Lipinski definition) is 2. The molecule has 82 valence electrons. The minimum Gasteiger partial charge on any atom is -0.359 e. The van der Waals surface area contributed by atoms with Crippen molar-refractivity contribution in [3.8, 4) is 0 Å². The Balaban J connectivity index is 3.66. The fourth-order valence-electron chi connectivity index (χ4n) is 0.886. The zero-order valence-electron chi connectivity index (χ0n) is 9.09. The van der Waals surface area contributed by atoms with Crippen molar-refractivity contribution >= 4 is 11.8 Å². The average molecular weight is 201 g/mol. The molecule has 0 aliphatic carbocycles. The predicted molar refractivity (Wildman–Crippen MR) is 54.9 cm³/mol. The zero-order valence-corrected chi connectivity index (χ0v) is 9.09. The highest BCUT2D eigenvalue weighted by molar-refractivity contribution is 5.79. The van der Waals surface area contributed by atoms with E-state index >= 15 is 0 Å². The minimum absolute atomic E-state index is 0.00996. The smallest absolute Gasteiger partial charge is 0.236 e. The number of nitrogens with zero attached hydrogens (tertiary/aromatic N) is 1. The van der Waals surface area contributed by atoms with E-state index in [4.69, 9.17) is 0 Å². The Bertz CT molecular complexity index is 194. The van der Waals surface area contributed by atoms with Crippen molar-refractivity contribution < 1.29 is 9.59 Å². The normalized spacial score (nSPS) is 9.64. The lowest BCUT2D eigenvalue weighted by atomic mass is 10.3. The molecule has 0 aliphatic heterocycles. The van der Waals surface area contributed by atoms with E-state index in [1.165, 1.54) is 0 Å². The van der Waals surface area contributed by atoms with Crippen molar-refractivity contribution in [2.75, 3.05) is 33.7 Å². The van der Waals surface area contributed by atoms with E-state index in [9.17, 15) is 9.59 Å². The first-order chi connectivity index (χ1) is 6.61. The van der Waals surface area contributed by atoms with Crippen LogP contribution in [0.25, 0.3) is 0 Å². The maximum atomic E-state index is 11.3. The van der Waals surface area contributed by atoms with E-state index in [1.54, 1.807) is 19.0 Å². The van der Waals surface area contributed by atoms with Gasteiger partial charge in [0.15, 0.2) is 0 Å². The molecule has 0 radical (unpaired) electrons. The number of carbonyl (C=O) groups excluding carboxylic acids is 2. The summed E-state index contributed by atoms with van der Waals surface area (Å²) in [5.74, 6) is -0.0381. The van der Waals surface area contributed by atoms with Crippen LogP contribution in [0, 0.1) is 0 Å². The van der Waals surface area contributed by atoms with Crippen molar-refractivity contribution in [2.45, 2.75) is 13.3 Å². The number of rotatable bonds is 6. The Hall–Kier alpha value is -1.10. The van der Waals surface area contributed by atoms with Gasteiger partial charge in [-0.05, 0) is 6.54 Å². The van der Waals surface area contributed by atoms with Crippen LogP contribution in [0.4, 0.5) is 0 Å². The molecule has 0 aliphatic rings. The Morgan fingerprint density at radius 1 is 1.36 bits per heavy atom. The monoisotopic (exact) mass is 201 g/mol. The molecule has 5 nitrogen and oxygen atoms in total. The Morgan fingerprint density at radius 3 is 2.50 bits per heavy atom. The molecule has 0 saturated heterocycles. The lowest BCUT2D eigenvalue weighted by Gasteiger charge is -2.16. The largest absolute Gasteiger partial charge is 0.359 e. The van der Waals surface area contributed by atoms with Gasteiger partial charge in [-0.15, -0.1) is 0 Å². The van der Waals surface area contributed by atoms with E-state index in [0.29, 0.717) is 19.5 Å². The minimum atomic E-state index is -0.0481. The van der Waals surface area contributed by atoms with Crippen LogP contribution in [0.3, 0.4) is 0 Å². The van der Waals surface area contributed by atoms with Gasteiger partial charge in [0.05, 0.1) is 6.54 Å². The van der Waals surface area contributed by atoms with E-state index in [0.717, 1.165) is 6.54 Å². The molecular formula is C9H19N3O2. The Kier molecular flexibility index (Phi) is 6.74. The summed E-state index contributed by atoms with van der Waals surface area (Å²) in [6, 6.07) is 0. The highest BCUT2D eigenvalue weighted by atomic mass is 16.2. The van der Waals surface area contributed by atoms with Gasteiger partial charge >= 0.3 is 0 Å². The highest BCUT2D eigenvalue weighted by Crippen LogP contribution is 1.88. The van der Waals surface area contributed by atoms with Gasteiger partial charge < -0.3 is 15.5 Å². The van der Waals surface area contributed by atoms with Crippen LogP contribution in [0.15, 0.2) is 0 Å². The predicted octanol–water partition coefficient (Wildman–Crippen LogP) is -0.810. The fraction of sp³-hybridized carbons (Fsp3) is 0.778. The second-order valence-electron chi connectivity index (χ2n) is 3.02. The van der Waals surface area contributed by atoms with Crippen LogP contribution in [0.2, 0.25) is 0 Å². The van der Waals surface area contributed by atoms with Gasteiger partial charge in [0.1, 0.15) is 0 Å². The van der Waals surface area contributed by atoms with Gasteiger partial charge in [-0.2, -0.15) is 0 Å². The van der Waals surface area contributed by atoms with Gasteiger partial charge in [-0.1, -0.05) is 6.92 Å². The summed E-state index contributed by atoms with van der Waals surface area (Å²) < 4.78 is 0. The molecule has 0 spiro atoms. The summed E-state index contributed by atoms with van der Waals surface area (Å²) in [7, 11) is 3.28. The first-order valence-corrected chi connectivity index (χ1v) is 4.77. The molecule has 0 fully saturated rings. The van der Waals surface area contributed by atoms with Crippen LogP contribution >= 0.6 is 0 Å². The standard InChI is InChI=1S/C9H19N3O2/c1-4-11-7-9(14)12(3)6-5-8(13)10-2/h11H,4-7H2,1-3H3,(H,10,13). The first kappa shape index (κ1) is 12.9. The number of nitrogens with one attached hydrogen (secondary N) is 2. The molecule has 0 aromatic heterocycles. The van der Waals surface area contributed by atoms with Crippen LogP contribution < -0.4 is 10.6 Å². The summed E-state index contributed by atoms with van der Waals surface area (Å²) in [4.78, 5) is 23.8. The summed E-state index contributed by atoms with van der Waals surface area (Å²) in [6.45, 7) is 3.51. The summed E-state index contributed by atoms with van der Waals surface area (Å²) in [5.41, 5.74) is 0. The van der Waals surface area contributed by atoms with Crippen LogP contribution in [0.1, 0.15) is 13.3 Å². The van der Waals surface area contributed by atoms with Gasteiger partial charge in [0, 0.05) is 27.1 Å².